The third-order valence-electron chi connectivity index (χ3n) is 3.28. The fourth-order valence-electron chi connectivity index (χ4n) is 1.94. The van der Waals surface area contributed by atoms with E-state index < -0.39 is 10.0 Å². The number of hydrogen-bond acceptors (Lipinski definition) is 4. The summed E-state index contributed by atoms with van der Waals surface area (Å²) in [6, 6.07) is 3.25. The number of benzene rings is 1. The van der Waals surface area contributed by atoms with Crippen LogP contribution in [0.25, 0.3) is 0 Å². The molecular weight excluding hydrogens is 276 g/mol. The van der Waals surface area contributed by atoms with Gasteiger partial charge in [-0.15, -0.1) is 0 Å². The minimum Gasteiger partial charge on any atom is -0.398 e. The van der Waals surface area contributed by atoms with Crippen molar-refractivity contribution in [2.75, 3.05) is 10.5 Å². The Labute approximate surface area is 118 Å². The predicted octanol–water partition coefficient (Wildman–Crippen LogP) is 2.03. The van der Waals surface area contributed by atoms with Crippen molar-refractivity contribution < 1.29 is 8.42 Å². The van der Waals surface area contributed by atoms with E-state index in [1.54, 1.807) is 26.0 Å². The zero-order valence-corrected chi connectivity index (χ0v) is 12.7. The summed E-state index contributed by atoms with van der Waals surface area (Å²) in [6.45, 7) is 7.22. The SMILES string of the molecule is Cc1cc(N)c(S(=O)(=O)Nc2c(C)n[nH]c2C)cc1C. The number of anilines is 2. The molecule has 0 radical (unpaired) electrons. The van der Waals surface area contributed by atoms with Gasteiger partial charge in [-0.05, 0) is 51.0 Å². The molecule has 0 saturated heterocycles. The van der Waals surface area contributed by atoms with Gasteiger partial charge in [0.15, 0.2) is 0 Å². The summed E-state index contributed by atoms with van der Waals surface area (Å²) in [5.74, 6) is 0. The number of nitrogen functional groups attached to an aromatic ring is 1. The molecule has 1 aromatic carbocycles. The molecule has 2 aromatic rings. The third-order valence-corrected chi connectivity index (χ3v) is 4.69. The van der Waals surface area contributed by atoms with Crippen LogP contribution in [0.4, 0.5) is 11.4 Å². The summed E-state index contributed by atoms with van der Waals surface area (Å²) in [5.41, 5.74) is 9.62. The van der Waals surface area contributed by atoms with Crippen molar-refractivity contribution in [3.63, 3.8) is 0 Å². The number of aromatic nitrogens is 2. The van der Waals surface area contributed by atoms with Gasteiger partial charge in [0.1, 0.15) is 4.90 Å². The van der Waals surface area contributed by atoms with Crippen molar-refractivity contribution in [3.8, 4) is 0 Å². The summed E-state index contributed by atoms with van der Waals surface area (Å²) in [6.07, 6.45) is 0. The number of sulfonamides is 1. The smallest absolute Gasteiger partial charge is 0.264 e. The van der Waals surface area contributed by atoms with Crippen LogP contribution >= 0.6 is 0 Å². The number of hydrogen-bond donors (Lipinski definition) is 3. The maximum Gasteiger partial charge on any atom is 0.264 e. The molecule has 20 heavy (non-hydrogen) atoms. The molecule has 0 aliphatic heterocycles. The van der Waals surface area contributed by atoms with Gasteiger partial charge in [-0.1, -0.05) is 0 Å². The summed E-state index contributed by atoms with van der Waals surface area (Å²) in [7, 11) is -3.73. The maximum atomic E-state index is 12.5. The number of aryl methyl sites for hydroxylation is 4. The van der Waals surface area contributed by atoms with Crippen LogP contribution in [0.5, 0.6) is 0 Å². The molecule has 0 aliphatic carbocycles. The lowest BCUT2D eigenvalue weighted by molar-refractivity contribution is 0.601. The molecule has 7 heteroatoms. The van der Waals surface area contributed by atoms with Crippen molar-refractivity contribution >= 4 is 21.4 Å². The molecule has 0 fully saturated rings. The minimum atomic E-state index is -3.73. The average molecular weight is 294 g/mol. The van der Waals surface area contributed by atoms with Gasteiger partial charge in [-0.2, -0.15) is 5.10 Å². The second kappa shape index (κ2) is 4.82. The first-order chi connectivity index (χ1) is 9.22. The highest BCUT2D eigenvalue weighted by atomic mass is 32.2. The van der Waals surface area contributed by atoms with Crippen LogP contribution < -0.4 is 10.5 Å². The van der Waals surface area contributed by atoms with E-state index >= 15 is 0 Å². The second-order valence-corrected chi connectivity index (χ2v) is 6.54. The zero-order valence-electron chi connectivity index (χ0n) is 11.9. The van der Waals surface area contributed by atoms with E-state index in [0.29, 0.717) is 17.1 Å². The third kappa shape index (κ3) is 2.49. The van der Waals surface area contributed by atoms with Crippen LogP contribution in [-0.2, 0) is 10.0 Å². The summed E-state index contributed by atoms with van der Waals surface area (Å²) < 4.78 is 27.4. The lowest BCUT2D eigenvalue weighted by atomic mass is 10.1. The van der Waals surface area contributed by atoms with Crippen molar-refractivity contribution in [1.82, 2.24) is 10.2 Å². The van der Waals surface area contributed by atoms with Crippen LogP contribution in [0.3, 0.4) is 0 Å². The Balaban J connectivity index is 2.49. The normalized spacial score (nSPS) is 11.6. The van der Waals surface area contributed by atoms with E-state index in [1.165, 1.54) is 0 Å². The first-order valence-electron chi connectivity index (χ1n) is 6.13. The Morgan fingerprint density at radius 2 is 1.75 bits per heavy atom. The highest BCUT2D eigenvalue weighted by Crippen LogP contribution is 2.26. The largest absolute Gasteiger partial charge is 0.398 e. The molecule has 0 aliphatic rings. The quantitative estimate of drug-likeness (QED) is 0.754. The van der Waals surface area contributed by atoms with Gasteiger partial charge in [0.2, 0.25) is 0 Å². The first kappa shape index (κ1) is 14.4. The number of nitrogens with one attached hydrogen (secondary N) is 2. The van der Waals surface area contributed by atoms with Crippen LogP contribution in [0.2, 0.25) is 0 Å². The Kier molecular flexibility index (Phi) is 3.47. The van der Waals surface area contributed by atoms with Gasteiger partial charge in [0.05, 0.1) is 22.8 Å². The van der Waals surface area contributed by atoms with E-state index in [-0.39, 0.29) is 10.6 Å². The molecular formula is C13H18N4O2S. The van der Waals surface area contributed by atoms with Gasteiger partial charge >= 0.3 is 0 Å². The molecule has 6 nitrogen and oxygen atoms in total. The standard InChI is InChI=1S/C13H18N4O2S/c1-7-5-11(14)12(6-8(7)2)20(18,19)17-13-9(3)15-16-10(13)4/h5-6,17H,14H2,1-4H3,(H,15,16). The molecule has 0 atom stereocenters. The summed E-state index contributed by atoms with van der Waals surface area (Å²) in [5, 5.41) is 6.70. The average Bonchev–Trinajstić information content (AvgIpc) is 2.65. The predicted molar refractivity (Wildman–Crippen MR) is 79.2 cm³/mol. The van der Waals surface area contributed by atoms with Crippen LogP contribution in [0.1, 0.15) is 22.5 Å². The van der Waals surface area contributed by atoms with Gasteiger partial charge in [-0.3, -0.25) is 9.82 Å². The van der Waals surface area contributed by atoms with Crippen LogP contribution in [-0.4, -0.2) is 18.6 Å². The topological polar surface area (TPSA) is 101 Å². The van der Waals surface area contributed by atoms with Crippen molar-refractivity contribution in [3.05, 3.63) is 34.6 Å². The number of aromatic amines is 1. The highest BCUT2D eigenvalue weighted by Gasteiger charge is 2.21. The maximum absolute atomic E-state index is 12.5. The molecule has 108 valence electrons. The zero-order chi connectivity index (χ0) is 15.1. The molecule has 4 N–H and O–H groups in total. The Morgan fingerprint density at radius 1 is 1.15 bits per heavy atom. The fourth-order valence-corrected chi connectivity index (χ4v) is 3.32. The molecule has 1 aromatic heterocycles. The molecule has 0 saturated carbocycles. The van der Waals surface area contributed by atoms with Gasteiger partial charge < -0.3 is 5.73 Å². The Hall–Kier alpha value is -2.02. The van der Waals surface area contributed by atoms with Crippen LogP contribution in [0, 0.1) is 27.7 Å². The summed E-state index contributed by atoms with van der Waals surface area (Å²) in [4.78, 5) is 0.0839. The van der Waals surface area contributed by atoms with Gasteiger partial charge in [-0.25, -0.2) is 8.42 Å². The second-order valence-electron chi connectivity index (χ2n) is 4.89. The van der Waals surface area contributed by atoms with E-state index in [9.17, 15) is 8.42 Å². The monoisotopic (exact) mass is 294 g/mol. The molecule has 0 bridgehead atoms. The van der Waals surface area contributed by atoms with Crippen molar-refractivity contribution in [2.45, 2.75) is 32.6 Å². The van der Waals surface area contributed by atoms with E-state index in [1.807, 2.05) is 13.8 Å². The lowest BCUT2D eigenvalue weighted by Gasteiger charge is -2.12. The molecule has 0 unspecified atom stereocenters. The lowest BCUT2D eigenvalue weighted by Crippen LogP contribution is -2.16. The number of rotatable bonds is 3. The number of H-pyrrole nitrogens is 1. The van der Waals surface area contributed by atoms with E-state index in [0.717, 1.165) is 11.1 Å². The van der Waals surface area contributed by atoms with Gasteiger partial charge in [0.25, 0.3) is 10.0 Å². The molecule has 2 rings (SSSR count). The molecule has 0 amide bonds. The van der Waals surface area contributed by atoms with Gasteiger partial charge in [0, 0.05) is 0 Å². The van der Waals surface area contributed by atoms with Crippen molar-refractivity contribution in [2.24, 2.45) is 0 Å². The molecule has 1 heterocycles. The van der Waals surface area contributed by atoms with E-state index in [2.05, 4.69) is 14.9 Å². The first-order valence-corrected chi connectivity index (χ1v) is 7.62. The highest BCUT2D eigenvalue weighted by molar-refractivity contribution is 7.92. The Morgan fingerprint density at radius 3 is 2.30 bits per heavy atom. The number of nitrogens with two attached hydrogens (primary N) is 1. The van der Waals surface area contributed by atoms with Crippen LogP contribution in [0.15, 0.2) is 17.0 Å². The van der Waals surface area contributed by atoms with Crippen molar-refractivity contribution in [1.29, 1.82) is 0 Å². The number of nitrogens with zero attached hydrogens (tertiary/aromatic N) is 1. The molecule has 0 spiro atoms. The fraction of sp³-hybridized carbons (Fsp3) is 0.308. The Bertz CT molecular complexity index is 743. The summed E-state index contributed by atoms with van der Waals surface area (Å²) >= 11 is 0. The van der Waals surface area contributed by atoms with E-state index in [4.69, 9.17) is 5.73 Å². The minimum absolute atomic E-state index is 0.0839.